The standard InChI is InChI=1S/C21H28FN3O3/c1-5-23-21(24-12-15-7-6-14(2)18(22)10-15)25-13-19(26)17-11-16(27-3)8-9-20(17)28-4/h6-11,19,26H,5,12-13H2,1-4H3,(H2,23,24,25). The van der Waals surface area contributed by atoms with Crippen LogP contribution in [0.25, 0.3) is 0 Å². The van der Waals surface area contributed by atoms with Crippen molar-refractivity contribution in [2.45, 2.75) is 26.5 Å². The molecule has 0 aliphatic heterocycles. The summed E-state index contributed by atoms with van der Waals surface area (Å²) in [5.41, 5.74) is 1.99. The van der Waals surface area contributed by atoms with Crippen LogP contribution in [0.5, 0.6) is 11.5 Å². The number of nitrogens with zero attached hydrogens (tertiary/aromatic N) is 1. The van der Waals surface area contributed by atoms with E-state index >= 15 is 0 Å². The number of ether oxygens (including phenoxy) is 2. The van der Waals surface area contributed by atoms with Gasteiger partial charge >= 0.3 is 0 Å². The fourth-order valence-corrected chi connectivity index (χ4v) is 2.65. The Morgan fingerprint density at radius 2 is 1.93 bits per heavy atom. The van der Waals surface area contributed by atoms with Gasteiger partial charge in [-0.25, -0.2) is 9.38 Å². The SMILES string of the molecule is CCNC(=NCc1ccc(C)c(F)c1)NCC(O)c1cc(OC)ccc1OC. The summed E-state index contributed by atoms with van der Waals surface area (Å²) in [5, 5.41) is 16.8. The van der Waals surface area contributed by atoms with Gasteiger partial charge in [0, 0.05) is 18.7 Å². The van der Waals surface area contributed by atoms with Gasteiger partial charge in [0.2, 0.25) is 0 Å². The summed E-state index contributed by atoms with van der Waals surface area (Å²) in [7, 11) is 3.12. The van der Waals surface area contributed by atoms with E-state index in [4.69, 9.17) is 9.47 Å². The molecule has 0 aliphatic rings. The van der Waals surface area contributed by atoms with Crippen molar-refractivity contribution >= 4 is 5.96 Å². The first-order chi connectivity index (χ1) is 13.5. The van der Waals surface area contributed by atoms with Gasteiger partial charge in [0.25, 0.3) is 0 Å². The van der Waals surface area contributed by atoms with Gasteiger partial charge in [-0.3, -0.25) is 0 Å². The minimum Gasteiger partial charge on any atom is -0.497 e. The van der Waals surface area contributed by atoms with Crippen LogP contribution >= 0.6 is 0 Å². The number of rotatable bonds is 8. The normalized spacial score (nSPS) is 12.4. The van der Waals surface area contributed by atoms with Crippen molar-refractivity contribution in [2.24, 2.45) is 4.99 Å². The van der Waals surface area contributed by atoms with Crippen LogP contribution in [0, 0.1) is 12.7 Å². The quantitative estimate of drug-likeness (QED) is 0.478. The largest absolute Gasteiger partial charge is 0.497 e. The number of benzene rings is 2. The Morgan fingerprint density at radius 3 is 2.57 bits per heavy atom. The second-order valence-electron chi connectivity index (χ2n) is 6.28. The Hall–Kier alpha value is -2.80. The number of methoxy groups -OCH3 is 2. The molecule has 0 fully saturated rings. The third kappa shape index (κ3) is 5.85. The third-order valence-electron chi connectivity index (χ3n) is 4.26. The number of nitrogens with one attached hydrogen (secondary N) is 2. The van der Waals surface area contributed by atoms with E-state index in [0.717, 1.165) is 5.56 Å². The highest BCUT2D eigenvalue weighted by atomic mass is 19.1. The number of aliphatic hydroxyl groups excluding tert-OH is 1. The zero-order chi connectivity index (χ0) is 20.5. The van der Waals surface area contributed by atoms with Crippen molar-refractivity contribution in [3.8, 4) is 11.5 Å². The number of guanidine groups is 1. The highest BCUT2D eigenvalue weighted by molar-refractivity contribution is 5.79. The molecule has 0 saturated carbocycles. The maximum absolute atomic E-state index is 13.7. The molecular weight excluding hydrogens is 361 g/mol. The van der Waals surface area contributed by atoms with E-state index < -0.39 is 6.10 Å². The van der Waals surface area contributed by atoms with Gasteiger partial charge < -0.3 is 25.2 Å². The Balaban J connectivity index is 2.06. The van der Waals surface area contributed by atoms with Gasteiger partial charge in [-0.1, -0.05) is 12.1 Å². The maximum atomic E-state index is 13.7. The molecule has 0 radical (unpaired) electrons. The predicted octanol–water partition coefficient (Wildman–Crippen LogP) is 2.94. The average molecular weight is 389 g/mol. The fraction of sp³-hybridized carbons (Fsp3) is 0.381. The van der Waals surface area contributed by atoms with Gasteiger partial charge in [-0.05, 0) is 49.2 Å². The Kier molecular flexibility index (Phi) is 8.07. The predicted molar refractivity (Wildman–Crippen MR) is 108 cm³/mol. The lowest BCUT2D eigenvalue weighted by Gasteiger charge is -2.18. The fourth-order valence-electron chi connectivity index (χ4n) is 2.65. The molecule has 152 valence electrons. The number of hydrogen-bond donors (Lipinski definition) is 3. The zero-order valence-corrected chi connectivity index (χ0v) is 16.8. The maximum Gasteiger partial charge on any atom is 0.191 e. The van der Waals surface area contributed by atoms with Crippen LogP contribution in [0.1, 0.15) is 29.7 Å². The van der Waals surface area contributed by atoms with E-state index in [0.29, 0.717) is 41.7 Å². The second-order valence-corrected chi connectivity index (χ2v) is 6.28. The van der Waals surface area contributed by atoms with Crippen molar-refractivity contribution in [1.82, 2.24) is 10.6 Å². The topological polar surface area (TPSA) is 75.1 Å². The number of aliphatic imine (C=N–C) groups is 1. The summed E-state index contributed by atoms with van der Waals surface area (Å²) in [6.07, 6.45) is -0.828. The van der Waals surface area contributed by atoms with Crippen LogP contribution in [0.2, 0.25) is 0 Å². The molecule has 7 heteroatoms. The molecule has 3 N–H and O–H groups in total. The summed E-state index contributed by atoms with van der Waals surface area (Å²) < 4.78 is 24.2. The summed E-state index contributed by atoms with van der Waals surface area (Å²) >= 11 is 0. The molecule has 6 nitrogen and oxygen atoms in total. The molecule has 1 unspecified atom stereocenters. The molecule has 0 spiro atoms. The van der Waals surface area contributed by atoms with Crippen molar-refractivity contribution in [3.63, 3.8) is 0 Å². The first-order valence-electron chi connectivity index (χ1n) is 9.15. The van der Waals surface area contributed by atoms with E-state index in [-0.39, 0.29) is 12.4 Å². The molecule has 0 aliphatic carbocycles. The van der Waals surface area contributed by atoms with Crippen LogP contribution in [-0.4, -0.2) is 38.4 Å². The Labute approximate surface area is 165 Å². The summed E-state index contributed by atoms with van der Waals surface area (Å²) in [5.74, 6) is 1.50. The highest BCUT2D eigenvalue weighted by Gasteiger charge is 2.15. The summed E-state index contributed by atoms with van der Waals surface area (Å²) in [4.78, 5) is 4.46. The highest BCUT2D eigenvalue weighted by Crippen LogP contribution is 2.29. The van der Waals surface area contributed by atoms with Crippen LogP contribution in [0.3, 0.4) is 0 Å². The van der Waals surface area contributed by atoms with Crippen LogP contribution < -0.4 is 20.1 Å². The Morgan fingerprint density at radius 1 is 1.14 bits per heavy atom. The molecule has 0 heterocycles. The monoisotopic (exact) mass is 389 g/mol. The molecule has 0 bridgehead atoms. The van der Waals surface area contributed by atoms with Crippen molar-refractivity contribution in [3.05, 3.63) is 58.9 Å². The van der Waals surface area contributed by atoms with Crippen LogP contribution in [-0.2, 0) is 6.54 Å². The molecule has 1 atom stereocenters. The lowest BCUT2D eigenvalue weighted by molar-refractivity contribution is 0.176. The van der Waals surface area contributed by atoms with Crippen LogP contribution in [0.15, 0.2) is 41.4 Å². The first kappa shape index (κ1) is 21.5. The number of halogens is 1. The zero-order valence-electron chi connectivity index (χ0n) is 16.8. The number of aryl methyl sites for hydroxylation is 1. The molecule has 0 saturated heterocycles. The lowest BCUT2D eigenvalue weighted by atomic mass is 10.1. The lowest BCUT2D eigenvalue weighted by Crippen LogP contribution is -2.39. The van der Waals surface area contributed by atoms with Crippen molar-refractivity contribution < 1.29 is 19.0 Å². The number of aliphatic hydroxyl groups is 1. The number of hydrogen-bond acceptors (Lipinski definition) is 4. The third-order valence-corrected chi connectivity index (χ3v) is 4.26. The van der Waals surface area contributed by atoms with Gasteiger partial charge in [0.15, 0.2) is 5.96 Å². The minimum atomic E-state index is -0.828. The van der Waals surface area contributed by atoms with Gasteiger partial charge in [0.05, 0.1) is 26.9 Å². The van der Waals surface area contributed by atoms with Gasteiger partial charge in [0.1, 0.15) is 17.3 Å². The molecule has 2 aromatic rings. The molecule has 28 heavy (non-hydrogen) atoms. The van der Waals surface area contributed by atoms with E-state index in [1.807, 2.05) is 13.0 Å². The molecule has 2 rings (SSSR count). The molecule has 2 aromatic carbocycles. The van der Waals surface area contributed by atoms with Crippen molar-refractivity contribution in [2.75, 3.05) is 27.3 Å². The average Bonchev–Trinajstić information content (AvgIpc) is 2.71. The van der Waals surface area contributed by atoms with E-state index in [9.17, 15) is 9.50 Å². The van der Waals surface area contributed by atoms with E-state index in [1.165, 1.54) is 6.07 Å². The van der Waals surface area contributed by atoms with Crippen LogP contribution in [0.4, 0.5) is 4.39 Å². The van der Waals surface area contributed by atoms with Crippen molar-refractivity contribution in [1.29, 1.82) is 0 Å². The van der Waals surface area contributed by atoms with Gasteiger partial charge in [-0.2, -0.15) is 0 Å². The minimum absolute atomic E-state index is 0.220. The van der Waals surface area contributed by atoms with E-state index in [1.54, 1.807) is 45.4 Å². The van der Waals surface area contributed by atoms with Gasteiger partial charge in [-0.15, -0.1) is 0 Å². The molecule has 0 amide bonds. The molecular formula is C21H28FN3O3. The Bertz CT molecular complexity index is 811. The first-order valence-corrected chi connectivity index (χ1v) is 9.15. The summed E-state index contributed by atoms with van der Waals surface area (Å²) in [6.45, 7) is 4.88. The smallest absolute Gasteiger partial charge is 0.191 e. The second kappa shape index (κ2) is 10.5. The van der Waals surface area contributed by atoms with E-state index in [2.05, 4.69) is 15.6 Å². The molecule has 0 aromatic heterocycles. The summed E-state index contributed by atoms with van der Waals surface area (Å²) in [6, 6.07) is 10.3.